The Bertz CT molecular complexity index is 1350. The number of ether oxygens (including phenoxy) is 1. The van der Waals surface area contributed by atoms with E-state index in [0.29, 0.717) is 22.7 Å². The lowest BCUT2D eigenvalue weighted by Crippen LogP contribution is -2.17. The highest BCUT2D eigenvalue weighted by Gasteiger charge is 2.20. The van der Waals surface area contributed by atoms with Gasteiger partial charge in [-0.15, -0.1) is 0 Å². The van der Waals surface area contributed by atoms with Crippen molar-refractivity contribution in [3.63, 3.8) is 0 Å². The normalized spacial score (nSPS) is 11.6. The predicted octanol–water partition coefficient (Wildman–Crippen LogP) is 6.39. The molecule has 0 bridgehead atoms. The van der Waals surface area contributed by atoms with Gasteiger partial charge >= 0.3 is 12.1 Å². The maximum absolute atomic E-state index is 14.0. The molecule has 1 aromatic heterocycles. The minimum atomic E-state index is -0.875. The molecule has 1 amide bonds. The molecule has 0 aliphatic carbocycles. The molecule has 0 aliphatic heterocycles. The van der Waals surface area contributed by atoms with Gasteiger partial charge in [0.2, 0.25) is 0 Å². The van der Waals surface area contributed by atoms with E-state index in [0.717, 1.165) is 16.7 Å². The summed E-state index contributed by atoms with van der Waals surface area (Å²) in [4.78, 5) is 23.4. The number of aromatic nitrogens is 1. The van der Waals surface area contributed by atoms with Crippen LogP contribution in [0.1, 0.15) is 29.9 Å². The molecule has 3 aromatic carbocycles. The fraction of sp³-hybridized carbons (Fsp3) is 0.148. The van der Waals surface area contributed by atoms with E-state index in [4.69, 9.17) is 14.4 Å². The quantitative estimate of drug-likeness (QED) is 0.322. The van der Waals surface area contributed by atoms with Gasteiger partial charge < -0.3 is 14.4 Å². The molecule has 4 rings (SSSR count). The summed E-state index contributed by atoms with van der Waals surface area (Å²) < 4.78 is 24.6. The molecule has 0 unspecified atom stereocenters. The van der Waals surface area contributed by atoms with E-state index < -0.39 is 24.0 Å². The van der Waals surface area contributed by atoms with E-state index in [2.05, 4.69) is 10.5 Å². The summed E-state index contributed by atoms with van der Waals surface area (Å²) in [6.07, 6.45) is -1.57. The van der Waals surface area contributed by atoms with E-state index in [1.165, 1.54) is 6.07 Å². The number of carbonyl (C=O) groups is 2. The fourth-order valence-electron chi connectivity index (χ4n) is 3.69. The van der Waals surface area contributed by atoms with Gasteiger partial charge in [0, 0.05) is 11.1 Å². The minimum Gasteiger partial charge on any atom is -0.481 e. The van der Waals surface area contributed by atoms with Gasteiger partial charge in [-0.3, -0.25) is 10.1 Å². The standard InChI is InChI=1S/C27H23FN2O5/c1-16(22-5-3-4-6-23(22)28)34-27(33)29-25-17(2)35-30-26(25)21-13-11-20(12-14-21)19-9-7-18(8-10-19)15-24(31)32/h3-14,16H,15H2,1-2H3,(H,29,33)(H,31,32)/t16-/m1/s1. The Kier molecular flexibility index (Phi) is 6.91. The zero-order valence-corrected chi connectivity index (χ0v) is 19.1. The van der Waals surface area contributed by atoms with Crippen LogP contribution in [0.15, 0.2) is 77.3 Å². The van der Waals surface area contributed by atoms with Crippen LogP contribution in [0.25, 0.3) is 22.4 Å². The van der Waals surface area contributed by atoms with E-state index in [1.54, 1.807) is 44.2 Å². The van der Waals surface area contributed by atoms with Gasteiger partial charge in [0.15, 0.2) is 5.76 Å². The highest BCUT2D eigenvalue weighted by molar-refractivity contribution is 5.91. The zero-order valence-electron chi connectivity index (χ0n) is 19.1. The molecule has 1 atom stereocenters. The van der Waals surface area contributed by atoms with Crippen molar-refractivity contribution in [2.75, 3.05) is 5.32 Å². The van der Waals surface area contributed by atoms with Crippen LogP contribution in [-0.4, -0.2) is 22.3 Å². The molecule has 0 radical (unpaired) electrons. The molecule has 8 heteroatoms. The van der Waals surface area contributed by atoms with Crippen LogP contribution in [0.5, 0.6) is 0 Å². The van der Waals surface area contributed by atoms with Crippen molar-refractivity contribution in [2.45, 2.75) is 26.4 Å². The number of carboxylic acid groups (broad SMARTS) is 1. The Balaban J connectivity index is 1.48. The van der Waals surface area contributed by atoms with Crippen molar-refractivity contribution in [3.05, 3.63) is 95.5 Å². The van der Waals surface area contributed by atoms with Crippen molar-refractivity contribution in [1.82, 2.24) is 5.16 Å². The molecule has 35 heavy (non-hydrogen) atoms. The third-order valence-corrected chi connectivity index (χ3v) is 5.52. The van der Waals surface area contributed by atoms with E-state index in [1.807, 2.05) is 36.4 Å². The number of benzene rings is 3. The van der Waals surface area contributed by atoms with Gasteiger partial charge in [-0.25, -0.2) is 9.18 Å². The average molecular weight is 474 g/mol. The Morgan fingerprint density at radius 1 is 1.00 bits per heavy atom. The monoisotopic (exact) mass is 474 g/mol. The van der Waals surface area contributed by atoms with Gasteiger partial charge in [0.25, 0.3) is 0 Å². The molecule has 0 aliphatic rings. The first-order valence-corrected chi connectivity index (χ1v) is 10.9. The van der Waals surface area contributed by atoms with Crippen LogP contribution in [0.3, 0.4) is 0 Å². The number of amides is 1. The first kappa shape index (κ1) is 23.7. The summed E-state index contributed by atoms with van der Waals surface area (Å²) in [6, 6.07) is 20.9. The van der Waals surface area contributed by atoms with Gasteiger partial charge in [-0.05, 0) is 36.6 Å². The summed E-state index contributed by atoms with van der Waals surface area (Å²) in [7, 11) is 0. The zero-order chi connectivity index (χ0) is 24.9. The van der Waals surface area contributed by atoms with Crippen molar-refractivity contribution in [1.29, 1.82) is 0 Å². The van der Waals surface area contributed by atoms with Crippen LogP contribution in [0.4, 0.5) is 14.9 Å². The predicted molar refractivity (Wildman–Crippen MR) is 128 cm³/mol. The SMILES string of the molecule is Cc1onc(-c2ccc(-c3ccc(CC(=O)O)cc3)cc2)c1NC(=O)O[C@H](C)c1ccccc1F. The number of hydrogen-bond acceptors (Lipinski definition) is 5. The van der Waals surface area contributed by atoms with Crippen molar-refractivity contribution in [3.8, 4) is 22.4 Å². The second-order valence-electron chi connectivity index (χ2n) is 8.00. The van der Waals surface area contributed by atoms with Gasteiger partial charge in [0.05, 0.1) is 6.42 Å². The second-order valence-corrected chi connectivity index (χ2v) is 8.00. The van der Waals surface area contributed by atoms with Crippen LogP contribution in [0, 0.1) is 12.7 Å². The average Bonchev–Trinajstić information content (AvgIpc) is 3.19. The Hall–Kier alpha value is -4.46. The maximum Gasteiger partial charge on any atom is 0.412 e. The van der Waals surface area contributed by atoms with Crippen molar-refractivity contribution in [2.24, 2.45) is 0 Å². The lowest BCUT2D eigenvalue weighted by Gasteiger charge is -2.15. The lowest BCUT2D eigenvalue weighted by atomic mass is 10.0. The number of rotatable bonds is 7. The van der Waals surface area contributed by atoms with Crippen LogP contribution < -0.4 is 5.32 Å². The summed E-state index contributed by atoms with van der Waals surface area (Å²) in [6.45, 7) is 3.26. The highest BCUT2D eigenvalue weighted by Crippen LogP contribution is 2.32. The van der Waals surface area contributed by atoms with Gasteiger partial charge in [-0.1, -0.05) is 71.9 Å². The van der Waals surface area contributed by atoms with E-state index in [9.17, 15) is 14.0 Å². The fourth-order valence-corrected chi connectivity index (χ4v) is 3.69. The molecule has 0 spiro atoms. The van der Waals surface area contributed by atoms with E-state index in [-0.39, 0.29) is 12.0 Å². The highest BCUT2D eigenvalue weighted by atomic mass is 19.1. The van der Waals surface area contributed by atoms with Crippen LogP contribution in [0.2, 0.25) is 0 Å². The van der Waals surface area contributed by atoms with E-state index >= 15 is 0 Å². The number of carboxylic acids is 1. The summed E-state index contributed by atoms with van der Waals surface area (Å²) in [5, 5.41) is 15.6. The summed E-state index contributed by atoms with van der Waals surface area (Å²) in [5.74, 6) is -0.931. The smallest absolute Gasteiger partial charge is 0.412 e. The number of aryl methyl sites for hydroxylation is 1. The largest absolute Gasteiger partial charge is 0.481 e. The summed E-state index contributed by atoms with van der Waals surface area (Å²) in [5.41, 5.74) is 4.38. The minimum absolute atomic E-state index is 0.0258. The molecular weight excluding hydrogens is 451 g/mol. The van der Waals surface area contributed by atoms with Crippen LogP contribution in [-0.2, 0) is 16.0 Å². The van der Waals surface area contributed by atoms with Gasteiger partial charge in [-0.2, -0.15) is 0 Å². The molecule has 0 fully saturated rings. The molecule has 1 heterocycles. The Morgan fingerprint density at radius 3 is 2.23 bits per heavy atom. The first-order valence-electron chi connectivity index (χ1n) is 10.9. The molecule has 7 nitrogen and oxygen atoms in total. The number of nitrogens with zero attached hydrogens (tertiary/aromatic N) is 1. The molecule has 0 saturated carbocycles. The number of aliphatic carboxylic acids is 1. The van der Waals surface area contributed by atoms with Crippen molar-refractivity contribution >= 4 is 17.7 Å². The first-order chi connectivity index (χ1) is 16.8. The molecular formula is C27H23FN2O5. The third kappa shape index (κ3) is 5.55. The molecule has 4 aromatic rings. The number of halogens is 1. The Morgan fingerprint density at radius 2 is 1.60 bits per heavy atom. The number of nitrogens with one attached hydrogen (secondary N) is 1. The molecule has 2 N–H and O–H groups in total. The third-order valence-electron chi connectivity index (χ3n) is 5.52. The second kappa shape index (κ2) is 10.2. The van der Waals surface area contributed by atoms with Crippen LogP contribution >= 0.6 is 0 Å². The summed E-state index contributed by atoms with van der Waals surface area (Å²) >= 11 is 0. The number of anilines is 1. The number of carbonyl (C=O) groups excluding carboxylic acids is 1. The molecule has 0 saturated heterocycles. The Labute approximate surface area is 201 Å². The number of hydrogen-bond donors (Lipinski definition) is 2. The topological polar surface area (TPSA) is 102 Å². The molecule has 178 valence electrons. The van der Waals surface area contributed by atoms with Crippen molar-refractivity contribution < 1.29 is 28.3 Å². The maximum atomic E-state index is 14.0. The van der Waals surface area contributed by atoms with Gasteiger partial charge in [0.1, 0.15) is 23.3 Å². The lowest BCUT2D eigenvalue weighted by molar-refractivity contribution is -0.136.